The molecule has 4 heteroatoms. The molecule has 0 aromatic carbocycles. The molecule has 3 aliphatic rings. The number of carbonyl (C=O) groups excluding carboxylic acids is 2. The van der Waals surface area contributed by atoms with Crippen molar-refractivity contribution < 1.29 is 19.1 Å². The maximum Gasteiger partial charge on any atom is 0.312 e. The van der Waals surface area contributed by atoms with E-state index in [1.54, 1.807) is 0 Å². The molecule has 0 aromatic rings. The van der Waals surface area contributed by atoms with Crippen LogP contribution in [0, 0.1) is 16.7 Å². The van der Waals surface area contributed by atoms with Gasteiger partial charge in [0.15, 0.2) is 0 Å². The van der Waals surface area contributed by atoms with Crippen LogP contribution in [-0.4, -0.2) is 25.2 Å². The van der Waals surface area contributed by atoms with Crippen LogP contribution < -0.4 is 0 Å². The molecule has 0 aromatic heterocycles. The molecule has 2 saturated heterocycles. The van der Waals surface area contributed by atoms with Crippen LogP contribution in [0.5, 0.6) is 0 Å². The fraction of sp³-hybridized carbons (Fsp3) is 0.867. The van der Waals surface area contributed by atoms with E-state index in [2.05, 4.69) is 6.92 Å². The summed E-state index contributed by atoms with van der Waals surface area (Å²) in [6.45, 7) is 3.00. The van der Waals surface area contributed by atoms with E-state index < -0.39 is 0 Å². The van der Waals surface area contributed by atoms with Crippen molar-refractivity contribution in [2.75, 3.05) is 13.2 Å². The Morgan fingerprint density at radius 1 is 1.11 bits per heavy atom. The number of hydrogen-bond donors (Lipinski definition) is 0. The molecule has 3 rings (SSSR count). The van der Waals surface area contributed by atoms with Crippen LogP contribution in [0.3, 0.4) is 0 Å². The molecule has 0 spiro atoms. The zero-order chi connectivity index (χ0) is 13.5. The van der Waals surface area contributed by atoms with Gasteiger partial charge in [-0.25, -0.2) is 0 Å². The van der Waals surface area contributed by atoms with E-state index in [0.29, 0.717) is 25.6 Å². The Kier molecular flexibility index (Phi) is 3.06. The summed E-state index contributed by atoms with van der Waals surface area (Å²) >= 11 is 0. The van der Waals surface area contributed by atoms with Gasteiger partial charge in [0.25, 0.3) is 0 Å². The normalized spacial score (nSPS) is 43.1. The predicted molar refractivity (Wildman–Crippen MR) is 68.3 cm³/mol. The maximum absolute atomic E-state index is 12.3. The van der Waals surface area contributed by atoms with Crippen LogP contribution in [0.25, 0.3) is 0 Å². The van der Waals surface area contributed by atoms with E-state index in [0.717, 1.165) is 38.5 Å². The van der Waals surface area contributed by atoms with Crippen LogP contribution in [0.4, 0.5) is 0 Å². The molecule has 0 N–H and O–H groups in total. The Morgan fingerprint density at radius 3 is 2.74 bits per heavy atom. The minimum absolute atomic E-state index is 0.0151. The zero-order valence-electron chi connectivity index (χ0n) is 11.6. The third kappa shape index (κ3) is 2.05. The Labute approximate surface area is 113 Å². The van der Waals surface area contributed by atoms with Crippen molar-refractivity contribution in [1.29, 1.82) is 0 Å². The second kappa shape index (κ2) is 4.50. The smallest absolute Gasteiger partial charge is 0.312 e. The number of rotatable bonds is 0. The first-order chi connectivity index (χ1) is 9.06. The molecular formula is C15H22O4. The minimum atomic E-state index is -0.311. The third-order valence-corrected chi connectivity index (χ3v) is 5.33. The minimum Gasteiger partial charge on any atom is -0.465 e. The Hall–Kier alpha value is -1.06. The van der Waals surface area contributed by atoms with Gasteiger partial charge in [0, 0.05) is 11.8 Å². The summed E-state index contributed by atoms with van der Waals surface area (Å²) in [6.07, 6.45) is 6.05. The molecule has 2 bridgehead atoms. The summed E-state index contributed by atoms with van der Waals surface area (Å²) in [7, 11) is 0. The Morgan fingerprint density at radius 2 is 1.89 bits per heavy atom. The summed E-state index contributed by atoms with van der Waals surface area (Å²) in [5.74, 6) is 0.220. The fourth-order valence-electron chi connectivity index (χ4n) is 4.29. The van der Waals surface area contributed by atoms with Gasteiger partial charge in [0.1, 0.15) is 13.2 Å². The molecule has 3 fully saturated rings. The molecular weight excluding hydrogens is 244 g/mol. The van der Waals surface area contributed by atoms with Gasteiger partial charge in [0.2, 0.25) is 0 Å². The van der Waals surface area contributed by atoms with E-state index in [-0.39, 0.29) is 22.8 Å². The number of ether oxygens (including phenoxy) is 2. The predicted octanol–water partition coefficient (Wildman–Crippen LogP) is 2.45. The highest BCUT2D eigenvalue weighted by molar-refractivity contribution is 5.79. The molecule has 1 aliphatic carbocycles. The van der Waals surface area contributed by atoms with Crippen LogP contribution in [0.2, 0.25) is 0 Å². The molecule has 3 atom stereocenters. The van der Waals surface area contributed by atoms with Crippen molar-refractivity contribution in [1.82, 2.24) is 0 Å². The molecule has 3 unspecified atom stereocenters. The van der Waals surface area contributed by atoms with Crippen molar-refractivity contribution >= 4 is 11.9 Å². The Balaban J connectivity index is 1.89. The first kappa shape index (κ1) is 12.9. The topological polar surface area (TPSA) is 52.6 Å². The molecule has 4 nitrogen and oxygen atoms in total. The van der Waals surface area contributed by atoms with Gasteiger partial charge in [-0.2, -0.15) is 0 Å². The molecule has 106 valence electrons. The molecule has 19 heavy (non-hydrogen) atoms. The zero-order valence-corrected chi connectivity index (χ0v) is 11.6. The summed E-state index contributed by atoms with van der Waals surface area (Å²) in [6, 6.07) is 0. The van der Waals surface area contributed by atoms with Crippen molar-refractivity contribution in [3.8, 4) is 0 Å². The quantitative estimate of drug-likeness (QED) is 0.632. The highest BCUT2D eigenvalue weighted by atomic mass is 16.6. The number of hydrogen-bond acceptors (Lipinski definition) is 4. The van der Waals surface area contributed by atoms with E-state index in [4.69, 9.17) is 9.47 Å². The van der Waals surface area contributed by atoms with Crippen molar-refractivity contribution in [3.05, 3.63) is 0 Å². The van der Waals surface area contributed by atoms with Gasteiger partial charge in [-0.1, -0.05) is 19.8 Å². The lowest BCUT2D eigenvalue weighted by atomic mass is 9.72. The second-order valence-corrected chi connectivity index (χ2v) is 6.74. The number of carbonyl (C=O) groups is 2. The van der Waals surface area contributed by atoms with E-state index in [1.807, 2.05) is 0 Å². The largest absolute Gasteiger partial charge is 0.465 e. The van der Waals surface area contributed by atoms with Gasteiger partial charge in [0.05, 0.1) is 5.41 Å². The molecule has 0 radical (unpaired) electrons. The van der Waals surface area contributed by atoms with Gasteiger partial charge in [-0.3, -0.25) is 9.59 Å². The van der Waals surface area contributed by atoms with Gasteiger partial charge in [-0.15, -0.1) is 0 Å². The van der Waals surface area contributed by atoms with Gasteiger partial charge < -0.3 is 9.47 Å². The number of cyclic esters (lactones) is 2. The summed E-state index contributed by atoms with van der Waals surface area (Å²) in [5.41, 5.74) is -0.428. The standard InChI is InChI=1S/C15H22O4/c1-11-7-14-8-15(11,13(17)19-10-14)6-4-2-3-5-12(16)18-9-14/h11H,2-10H2,1H3. The van der Waals surface area contributed by atoms with Crippen molar-refractivity contribution in [2.24, 2.45) is 16.7 Å². The first-order valence-electron chi connectivity index (χ1n) is 7.39. The summed E-state index contributed by atoms with van der Waals surface area (Å²) in [4.78, 5) is 23.9. The summed E-state index contributed by atoms with van der Waals surface area (Å²) in [5, 5.41) is 0. The van der Waals surface area contributed by atoms with E-state index in [9.17, 15) is 9.59 Å². The van der Waals surface area contributed by atoms with Gasteiger partial charge in [-0.05, 0) is 31.6 Å². The first-order valence-corrected chi connectivity index (χ1v) is 7.39. The summed E-state index contributed by atoms with van der Waals surface area (Å²) < 4.78 is 10.9. The molecule has 2 aliphatic heterocycles. The average molecular weight is 266 g/mol. The average Bonchev–Trinajstić information content (AvgIpc) is 2.61. The fourth-order valence-corrected chi connectivity index (χ4v) is 4.29. The molecule has 2 heterocycles. The lowest BCUT2D eigenvalue weighted by Gasteiger charge is -2.38. The van der Waals surface area contributed by atoms with Gasteiger partial charge >= 0.3 is 11.9 Å². The van der Waals surface area contributed by atoms with Crippen LogP contribution >= 0.6 is 0 Å². The molecule has 0 amide bonds. The maximum atomic E-state index is 12.3. The Bertz CT molecular complexity index is 405. The lowest BCUT2D eigenvalue weighted by Crippen LogP contribution is -2.43. The monoisotopic (exact) mass is 266 g/mol. The van der Waals surface area contributed by atoms with E-state index >= 15 is 0 Å². The SMILES string of the molecule is CC1CC23COC(=O)CCCCCC1(C2)C(=O)OC3. The van der Waals surface area contributed by atoms with E-state index in [1.165, 1.54) is 0 Å². The molecule has 1 saturated carbocycles. The van der Waals surface area contributed by atoms with Crippen molar-refractivity contribution in [3.63, 3.8) is 0 Å². The van der Waals surface area contributed by atoms with Crippen LogP contribution in [0.1, 0.15) is 51.9 Å². The van der Waals surface area contributed by atoms with Crippen molar-refractivity contribution in [2.45, 2.75) is 51.9 Å². The highest BCUT2D eigenvalue weighted by Gasteiger charge is 2.61. The van der Waals surface area contributed by atoms with Crippen LogP contribution in [-0.2, 0) is 19.1 Å². The second-order valence-electron chi connectivity index (χ2n) is 6.74. The lowest BCUT2D eigenvalue weighted by molar-refractivity contribution is -0.172. The highest BCUT2D eigenvalue weighted by Crippen LogP contribution is 2.59. The number of esters is 2. The van der Waals surface area contributed by atoms with Crippen LogP contribution in [0.15, 0.2) is 0 Å². The third-order valence-electron chi connectivity index (χ3n) is 5.33.